The van der Waals surface area contributed by atoms with E-state index in [-0.39, 0.29) is 12.5 Å². The molecular formula is C23H26N4O3. The molecule has 0 unspecified atom stereocenters. The highest BCUT2D eigenvalue weighted by molar-refractivity contribution is 5.92. The van der Waals surface area contributed by atoms with Crippen LogP contribution < -0.4 is 10.6 Å². The fourth-order valence-electron chi connectivity index (χ4n) is 2.98. The average molecular weight is 406 g/mol. The largest absolute Gasteiger partial charge is 0.361 e. The third-order valence-corrected chi connectivity index (χ3v) is 4.65. The molecule has 1 aromatic heterocycles. The van der Waals surface area contributed by atoms with Crippen LogP contribution in [0.5, 0.6) is 0 Å². The monoisotopic (exact) mass is 406 g/mol. The third kappa shape index (κ3) is 6.20. The first-order valence-electron chi connectivity index (χ1n) is 9.88. The van der Waals surface area contributed by atoms with Gasteiger partial charge in [0.05, 0.1) is 6.54 Å². The van der Waals surface area contributed by atoms with Crippen LogP contribution in [0.4, 0.5) is 10.5 Å². The number of benzene rings is 2. The van der Waals surface area contributed by atoms with Crippen LogP contribution in [-0.4, -0.2) is 42.1 Å². The van der Waals surface area contributed by atoms with E-state index in [4.69, 9.17) is 4.52 Å². The van der Waals surface area contributed by atoms with E-state index in [0.717, 1.165) is 29.0 Å². The first-order valence-corrected chi connectivity index (χ1v) is 9.88. The Balaban J connectivity index is 1.37. The average Bonchev–Trinajstić information content (AvgIpc) is 3.21. The summed E-state index contributed by atoms with van der Waals surface area (Å²) in [6, 6.07) is 18.8. The predicted octanol–water partition coefficient (Wildman–Crippen LogP) is 3.86. The molecule has 3 amide bonds. The van der Waals surface area contributed by atoms with E-state index in [2.05, 4.69) is 15.8 Å². The van der Waals surface area contributed by atoms with Crippen molar-refractivity contribution >= 4 is 17.6 Å². The molecule has 156 valence electrons. The molecule has 3 aromatic rings. The molecular weight excluding hydrogens is 380 g/mol. The summed E-state index contributed by atoms with van der Waals surface area (Å²) < 4.78 is 5.39. The Bertz CT molecular complexity index is 985. The predicted molar refractivity (Wildman–Crippen MR) is 116 cm³/mol. The summed E-state index contributed by atoms with van der Waals surface area (Å²) in [7, 11) is 1.72. The highest BCUT2D eigenvalue weighted by Gasteiger charge is 2.12. The van der Waals surface area contributed by atoms with E-state index in [0.29, 0.717) is 18.7 Å². The van der Waals surface area contributed by atoms with Gasteiger partial charge in [-0.2, -0.15) is 0 Å². The van der Waals surface area contributed by atoms with Gasteiger partial charge in [-0.05, 0) is 31.0 Å². The molecule has 30 heavy (non-hydrogen) atoms. The lowest BCUT2D eigenvalue weighted by molar-refractivity contribution is -0.128. The molecule has 0 aliphatic heterocycles. The van der Waals surface area contributed by atoms with E-state index in [1.54, 1.807) is 18.0 Å². The Morgan fingerprint density at radius 1 is 1.07 bits per heavy atom. The molecule has 0 spiro atoms. The number of nitrogens with zero attached hydrogens (tertiary/aromatic N) is 2. The van der Waals surface area contributed by atoms with Crippen LogP contribution in [-0.2, 0) is 11.2 Å². The number of aromatic nitrogens is 1. The Hall–Kier alpha value is -3.61. The maximum absolute atomic E-state index is 12.2. The zero-order valence-electron chi connectivity index (χ0n) is 17.2. The minimum absolute atomic E-state index is 0.0609. The minimum Gasteiger partial charge on any atom is -0.361 e. The lowest BCUT2D eigenvalue weighted by Crippen LogP contribution is -2.40. The Morgan fingerprint density at radius 3 is 2.63 bits per heavy atom. The van der Waals surface area contributed by atoms with Crippen LogP contribution in [0.1, 0.15) is 17.7 Å². The molecule has 0 saturated heterocycles. The van der Waals surface area contributed by atoms with Crippen molar-refractivity contribution in [2.24, 2.45) is 0 Å². The van der Waals surface area contributed by atoms with Gasteiger partial charge in [0.2, 0.25) is 5.91 Å². The molecule has 1 heterocycles. The summed E-state index contributed by atoms with van der Waals surface area (Å²) in [5, 5.41) is 9.41. The molecule has 0 radical (unpaired) electrons. The number of anilines is 1. The first-order chi connectivity index (χ1) is 14.5. The normalized spacial score (nSPS) is 10.5. The van der Waals surface area contributed by atoms with Gasteiger partial charge in [-0.3, -0.25) is 4.79 Å². The fraction of sp³-hybridized carbons (Fsp3) is 0.261. The van der Waals surface area contributed by atoms with Crippen molar-refractivity contribution < 1.29 is 14.1 Å². The van der Waals surface area contributed by atoms with Crippen molar-refractivity contribution in [3.05, 3.63) is 72.0 Å². The summed E-state index contributed by atoms with van der Waals surface area (Å²) in [4.78, 5) is 25.8. The highest BCUT2D eigenvalue weighted by atomic mass is 16.5. The Labute approximate surface area is 176 Å². The topological polar surface area (TPSA) is 87.5 Å². The second kappa shape index (κ2) is 10.2. The van der Waals surface area contributed by atoms with Gasteiger partial charge >= 0.3 is 6.03 Å². The van der Waals surface area contributed by atoms with Crippen LogP contribution >= 0.6 is 0 Å². The SMILES string of the molecule is Cc1cccc(NC(=O)NCC(=O)N(C)CCCc2cc(-c3ccccc3)no2)c1. The van der Waals surface area contributed by atoms with Gasteiger partial charge in [-0.25, -0.2) is 4.79 Å². The number of likely N-dealkylation sites (N-methyl/N-ethyl adjacent to an activating group) is 1. The standard InChI is InChI=1S/C23H26N4O3/c1-17-8-6-11-19(14-17)25-23(29)24-16-22(28)27(2)13-7-12-20-15-21(26-30-20)18-9-4-3-5-10-18/h3-6,8-11,14-15H,7,12-13,16H2,1-2H3,(H2,24,25,29). The first kappa shape index (κ1) is 21.1. The smallest absolute Gasteiger partial charge is 0.319 e. The van der Waals surface area contributed by atoms with Gasteiger partial charge in [0, 0.05) is 37.3 Å². The van der Waals surface area contributed by atoms with E-state index in [1.807, 2.05) is 61.5 Å². The zero-order valence-corrected chi connectivity index (χ0v) is 17.2. The molecule has 2 aromatic carbocycles. The third-order valence-electron chi connectivity index (χ3n) is 4.65. The molecule has 7 nitrogen and oxygen atoms in total. The van der Waals surface area contributed by atoms with Crippen LogP contribution in [0.15, 0.2) is 65.2 Å². The van der Waals surface area contributed by atoms with Crippen molar-refractivity contribution in [1.29, 1.82) is 0 Å². The Morgan fingerprint density at radius 2 is 1.87 bits per heavy atom. The maximum Gasteiger partial charge on any atom is 0.319 e. The van der Waals surface area contributed by atoms with Gasteiger partial charge in [-0.15, -0.1) is 0 Å². The molecule has 3 rings (SSSR count). The zero-order chi connectivity index (χ0) is 21.3. The van der Waals surface area contributed by atoms with Crippen molar-refractivity contribution in [2.75, 3.05) is 25.5 Å². The summed E-state index contributed by atoms with van der Waals surface area (Å²) >= 11 is 0. The number of aryl methyl sites for hydroxylation is 2. The van der Waals surface area contributed by atoms with Gasteiger partial charge in [0.25, 0.3) is 0 Å². The number of amides is 3. The quantitative estimate of drug-likeness (QED) is 0.595. The van der Waals surface area contributed by atoms with E-state index < -0.39 is 6.03 Å². The van der Waals surface area contributed by atoms with Crippen LogP contribution in [0, 0.1) is 6.92 Å². The summed E-state index contributed by atoms with van der Waals surface area (Å²) in [5.41, 5.74) is 3.55. The van der Waals surface area contributed by atoms with Crippen LogP contribution in [0.25, 0.3) is 11.3 Å². The summed E-state index contributed by atoms with van der Waals surface area (Å²) in [6.45, 7) is 2.44. The molecule has 0 atom stereocenters. The van der Waals surface area contributed by atoms with Gasteiger partial charge in [0.1, 0.15) is 11.5 Å². The number of carbonyl (C=O) groups excluding carboxylic acids is 2. The number of urea groups is 1. The number of hydrogen-bond acceptors (Lipinski definition) is 4. The molecule has 0 bridgehead atoms. The lowest BCUT2D eigenvalue weighted by atomic mass is 10.1. The molecule has 7 heteroatoms. The number of rotatable bonds is 8. The van der Waals surface area contributed by atoms with Gasteiger partial charge in [-0.1, -0.05) is 47.6 Å². The second-order valence-corrected chi connectivity index (χ2v) is 7.14. The number of hydrogen-bond donors (Lipinski definition) is 2. The van der Waals surface area contributed by atoms with Crippen molar-refractivity contribution in [1.82, 2.24) is 15.4 Å². The number of nitrogens with one attached hydrogen (secondary N) is 2. The van der Waals surface area contributed by atoms with E-state index in [9.17, 15) is 9.59 Å². The molecule has 0 aliphatic carbocycles. The maximum atomic E-state index is 12.2. The molecule has 0 saturated carbocycles. The summed E-state index contributed by atoms with van der Waals surface area (Å²) in [6.07, 6.45) is 1.42. The number of carbonyl (C=O) groups is 2. The van der Waals surface area contributed by atoms with E-state index >= 15 is 0 Å². The second-order valence-electron chi connectivity index (χ2n) is 7.14. The van der Waals surface area contributed by atoms with Gasteiger partial charge < -0.3 is 20.1 Å². The fourth-order valence-corrected chi connectivity index (χ4v) is 2.98. The highest BCUT2D eigenvalue weighted by Crippen LogP contribution is 2.19. The lowest BCUT2D eigenvalue weighted by Gasteiger charge is -2.17. The van der Waals surface area contributed by atoms with E-state index in [1.165, 1.54) is 0 Å². The van der Waals surface area contributed by atoms with Crippen LogP contribution in [0.3, 0.4) is 0 Å². The van der Waals surface area contributed by atoms with Crippen molar-refractivity contribution in [2.45, 2.75) is 19.8 Å². The minimum atomic E-state index is -0.405. The summed E-state index contributed by atoms with van der Waals surface area (Å²) in [5.74, 6) is 0.627. The van der Waals surface area contributed by atoms with Crippen molar-refractivity contribution in [3.63, 3.8) is 0 Å². The van der Waals surface area contributed by atoms with Crippen LogP contribution in [0.2, 0.25) is 0 Å². The Kier molecular flexibility index (Phi) is 7.21. The molecule has 0 fully saturated rings. The molecule has 0 aliphatic rings. The van der Waals surface area contributed by atoms with Crippen molar-refractivity contribution in [3.8, 4) is 11.3 Å². The molecule has 2 N–H and O–H groups in total. The van der Waals surface area contributed by atoms with Gasteiger partial charge in [0.15, 0.2) is 0 Å².